The molecule has 0 bridgehead atoms. The topological polar surface area (TPSA) is 95.7 Å². The molecule has 1 aliphatic heterocycles. The number of pyridine rings is 1. The van der Waals surface area contributed by atoms with Crippen molar-refractivity contribution in [1.29, 1.82) is 0 Å². The van der Waals surface area contributed by atoms with E-state index in [1.807, 2.05) is 0 Å². The first-order chi connectivity index (χ1) is 14.5. The van der Waals surface area contributed by atoms with E-state index in [0.29, 0.717) is 30.5 Å². The number of hydrogen-bond donors (Lipinski definition) is 3. The molecule has 0 radical (unpaired) electrons. The lowest BCUT2D eigenvalue weighted by Gasteiger charge is -2.32. The van der Waals surface area contributed by atoms with Crippen molar-refractivity contribution in [1.82, 2.24) is 14.7 Å². The maximum atomic E-state index is 14.3. The summed E-state index contributed by atoms with van der Waals surface area (Å²) in [5.74, 6) is -1.36. The molecule has 0 unspecified atom stereocenters. The first-order valence-electron chi connectivity index (χ1n) is 9.94. The van der Waals surface area contributed by atoms with Gasteiger partial charge < -0.3 is 15.7 Å². The van der Waals surface area contributed by atoms with Crippen molar-refractivity contribution in [3.05, 3.63) is 65.9 Å². The van der Waals surface area contributed by atoms with Crippen molar-refractivity contribution in [2.75, 3.05) is 18.4 Å². The summed E-state index contributed by atoms with van der Waals surface area (Å²) in [5, 5.41) is 16.3. The summed E-state index contributed by atoms with van der Waals surface area (Å²) >= 11 is 0. The van der Waals surface area contributed by atoms with Crippen LogP contribution in [0.1, 0.15) is 46.5 Å². The molecule has 4 rings (SSSR count). The molecule has 8 heteroatoms. The van der Waals surface area contributed by atoms with E-state index in [1.54, 1.807) is 28.8 Å². The van der Waals surface area contributed by atoms with Gasteiger partial charge in [-0.2, -0.15) is 0 Å². The summed E-state index contributed by atoms with van der Waals surface area (Å²) in [5.41, 5.74) is 0.235. The van der Waals surface area contributed by atoms with Crippen molar-refractivity contribution in [2.24, 2.45) is 0 Å². The molecule has 0 atom stereocenters. The van der Waals surface area contributed by atoms with Crippen LogP contribution in [0.25, 0.3) is 5.65 Å². The van der Waals surface area contributed by atoms with Crippen LogP contribution in [-0.4, -0.2) is 44.9 Å². The predicted octanol–water partition coefficient (Wildman–Crippen LogP) is 2.80. The highest BCUT2D eigenvalue weighted by Crippen LogP contribution is 2.25. The molecule has 1 amide bonds. The quantitative estimate of drug-likeness (QED) is 0.543. The van der Waals surface area contributed by atoms with E-state index in [9.17, 15) is 19.1 Å². The minimum Gasteiger partial charge on any atom is -0.390 e. The molecule has 1 saturated heterocycles. The second-order valence-corrected chi connectivity index (χ2v) is 7.62. The Balaban J connectivity index is 1.47. The normalized spacial score (nSPS) is 15.8. The fourth-order valence-corrected chi connectivity index (χ4v) is 3.71. The highest BCUT2D eigenvalue weighted by molar-refractivity contribution is 6.04. The van der Waals surface area contributed by atoms with Gasteiger partial charge in [-0.3, -0.25) is 14.0 Å². The lowest BCUT2D eigenvalue weighted by molar-refractivity contribution is 0.00147. The summed E-state index contributed by atoms with van der Waals surface area (Å²) < 4.78 is 15.9. The zero-order valence-corrected chi connectivity index (χ0v) is 16.4. The van der Waals surface area contributed by atoms with Crippen LogP contribution in [0.3, 0.4) is 0 Å². The number of benzene rings is 1. The average Bonchev–Trinajstić information content (AvgIpc) is 3.18. The van der Waals surface area contributed by atoms with Gasteiger partial charge in [0.1, 0.15) is 17.2 Å². The number of carbonyl (C=O) groups is 2. The van der Waals surface area contributed by atoms with Crippen molar-refractivity contribution < 1.29 is 19.1 Å². The lowest BCUT2D eigenvalue weighted by Crippen LogP contribution is -2.42. The Labute approximate surface area is 172 Å². The second kappa shape index (κ2) is 8.33. The number of carbonyl (C=O) groups excluding carboxylic acids is 2. The number of aromatic nitrogens is 2. The molecule has 3 heterocycles. The molecule has 2 aromatic heterocycles. The fraction of sp³-hybridized carbons (Fsp3) is 0.318. The predicted molar refractivity (Wildman–Crippen MR) is 110 cm³/mol. The first kappa shape index (κ1) is 20.2. The Morgan fingerprint density at radius 3 is 2.83 bits per heavy atom. The van der Waals surface area contributed by atoms with Gasteiger partial charge in [0.25, 0.3) is 5.91 Å². The number of rotatable bonds is 6. The van der Waals surface area contributed by atoms with E-state index in [1.165, 1.54) is 18.3 Å². The van der Waals surface area contributed by atoms with E-state index >= 15 is 0 Å². The largest absolute Gasteiger partial charge is 0.390 e. The highest BCUT2D eigenvalue weighted by atomic mass is 19.1. The molecular formula is C22H23FN4O3. The number of Topliss-reactive ketones (excluding diaryl/α,β-unsaturated/α-hetero) is 1. The van der Waals surface area contributed by atoms with E-state index in [-0.39, 0.29) is 23.6 Å². The number of nitrogens with zero attached hydrogens (tertiary/aromatic N) is 2. The number of hydrogen-bond acceptors (Lipinski definition) is 5. The molecule has 1 fully saturated rings. The van der Waals surface area contributed by atoms with Crippen LogP contribution in [-0.2, 0) is 0 Å². The van der Waals surface area contributed by atoms with Gasteiger partial charge in [-0.15, -0.1) is 0 Å². The molecule has 1 aromatic carbocycles. The molecule has 0 saturated carbocycles. The van der Waals surface area contributed by atoms with Crippen LogP contribution in [0, 0.1) is 5.82 Å². The monoisotopic (exact) mass is 410 g/mol. The maximum Gasteiger partial charge on any atom is 0.274 e. The maximum absolute atomic E-state index is 14.3. The third-order valence-corrected chi connectivity index (χ3v) is 5.54. The molecule has 1 aliphatic rings. The minimum absolute atomic E-state index is 0.0719. The van der Waals surface area contributed by atoms with Crippen LogP contribution in [0.5, 0.6) is 0 Å². The molecule has 0 spiro atoms. The molecule has 7 nitrogen and oxygen atoms in total. The molecule has 156 valence electrons. The standard InChI is InChI=1S/C22H23FN4O3/c23-16-5-4-15(19(28)6-7-22(30)8-10-24-11-9-22)13-17(16)26-21(29)18-14-25-20-3-1-2-12-27(18)20/h1-5,12-14,24,30H,6-11H2,(H,26,29). The van der Waals surface area contributed by atoms with E-state index in [0.717, 1.165) is 19.2 Å². The summed E-state index contributed by atoms with van der Waals surface area (Å²) in [6.45, 7) is 1.45. The first-order valence-corrected chi connectivity index (χ1v) is 9.94. The zero-order chi connectivity index (χ0) is 21.1. The van der Waals surface area contributed by atoms with Gasteiger partial charge in [0.05, 0.1) is 17.5 Å². The van der Waals surface area contributed by atoms with Gasteiger partial charge in [-0.1, -0.05) is 6.07 Å². The van der Waals surface area contributed by atoms with Crippen molar-refractivity contribution in [3.63, 3.8) is 0 Å². The van der Waals surface area contributed by atoms with Crippen molar-refractivity contribution in [3.8, 4) is 0 Å². The zero-order valence-electron chi connectivity index (χ0n) is 16.4. The molecule has 3 N–H and O–H groups in total. The summed E-state index contributed by atoms with van der Waals surface area (Å²) in [6, 6.07) is 9.23. The number of aliphatic hydroxyl groups is 1. The lowest BCUT2D eigenvalue weighted by atomic mass is 9.86. The van der Waals surface area contributed by atoms with Gasteiger partial charge in [-0.25, -0.2) is 9.37 Å². The number of nitrogens with one attached hydrogen (secondary N) is 2. The number of halogens is 1. The Bertz CT molecular complexity index is 1090. The second-order valence-electron chi connectivity index (χ2n) is 7.62. The number of anilines is 1. The van der Waals surface area contributed by atoms with Gasteiger partial charge in [0, 0.05) is 18.2 Å². The number of piperidine rings is 1. The Morgan fingerprint density at radius 1 is 1.23 bits per heavy atom. The molecular weight excluding hydrogens is 387 g/mol. The number of imidazole rings is 1. The van der Waals surface area contributed by atoms with Crippen LogP contribution in [0.4, 0.5) is 10.1 Å². The number of amides is 1. The number of ketones is 1. The Morgan fingerprint density at radius 2 is 2.03 bits per heavy atom. The summed E-state index contributed by atoms with van der Waals surface area (Å²) in [6.07, 6.45) is 4.82. The highest BCUT2D eigenvalue weighted by Gasteiger charge is 2.29. The van der Waals surface area contributed by atoms with E-state index in [2.05, 4.69) is 15.6 Å². The Hall–Kier alpha value is -3.10. The third-order valence-electron chi connectivity index (χ3n) is 5.54. The van der Waals surface area contributed by atoms with Gasteiger partial charge in [0.2, 0.25) is 0 Å². The van der Waals surface area contributed by atoms with Gasteiger partial charge in [-0.05, 0) is 62.7 Å². The van der Waals surface area contributed by atoms with Crippen LogP contribution < -0.4 is 10.6 Å². The minimum atomic E-state index is -0.846. The Kier molecular flexibility index (Phi) is 5.61. The SMILES string of the molecule is O=C(CCC1(O)CCNCC1)c1ccc(F)c(NC(=O)c2cnc3ccccn23)c1. The van der Waals surface area contributed by atoms with Crippen LogP contribution in [0.2, 0.25) is 0 Å². The van der Waals surface area contributed by atoms with Gasteiger partial charge in [0.15, 0.2) is 5.78 Å². The van der Waals surface area contributed by atoms with Crippen molar-refractivity contribution in [2.45, 2.75) is 31.3 Å². The van der Waals surface area contributed by atoms with Crippen LogP contribution >= 0.6 is 0 Å². The van der Waals surface area contributed by atoms with Gasteiger partial charge >= 0.3 is 0 Å². The third kappa shape index (κ3) is 4.24. The van der Waals surface area contributed by atoms with E-state index < -0.39 is 17.3 Å². The smallest absolute Gasteiger partial charge is 0.274 e. The molecule has 30 heavy (non-hydrogen) atoms. The number of fused-ring (bicyclic) bond motifs is 1. The average molecular weight is 410 g/mol. The van der Waals surface area contributed by atoms with Crippen molar-refractivity contribution >= 4 is 23.0 Å². The molecule has 0 aliphatic carbocycles. The fourth-order valence-electron chi connectivity index (χ4n) is 3.71. The summed E-state index contributed by atoms with van der Waals surface area (Å²) in [4.78, 5) is 29.4. The van der Waals surface area contributed by atoms with E-state index in [4.69, 9.17) is 0 Å². The molecule has 3 aromatic rings. The summed E-state index contributed by atoms with van der Waals surface area (Å²) in [7, 11) is 0. The van der Waals surface area contributed by atoms with Crippen LogP contribution in [0.15, 0.2) is 48.8 Å².